The first-order valence-corrected chi connectivity index (χ1v) is 7.94. The Morgan fingerprint density at radius 2 is 1.65 bits per heavy atom. The number of carbonyl (C=O) groups is 1. The Bertz CT molecular complexity index is 339. The molecule has 0 bridgehead atoms. The normalized spacial score (nSPS) is 10.7. The first-order chi connectivity index (χ1) is 9.79. The number of nitrogens with one attached hydrogen (secondary N) is 1. The van der Waals surface area contributed by atoms with Gasteiger partial charge in [-0.15, -0.1) is 0 Å². The molecule has 1 N–H and O–H groups in total. The van der Waals surface area contributed by atoms with Gasteiger partial charge in [0.2, 0.25) is 5.82 Å². The van der Waals surface area contributed by atoms with E-state index in [9.17, 15) is 4.79 Å². The van der Waals surface area contributed by atoms with Gasteiger partial charge >= 0.3 is 0 Å². The van der Waals surface area contributed by atoms with E-state index in [2.05, 4.69) is 29.0 Å². The fourth-order valence-electron chi connectivity index (χ4n) is 2.23. The maximum Gasteiger partial charge on any atom is 0.291 e. The van der Waals surface area contributed by atoms with Crippen LogP contribution in [0.1, 0.15) is 75.8 Å². The van der Waals surface area contributed by atoms with E-state index in [1.54, 1.807) is 0 Å². The van der Waals surface area contributed by atoms with Crippen LogP contribution in [0.3, 0.4) is 0 Å². The number of amides is 1. The van der Waals surface area contributed by atoms with E-state index in [4.69, 9.17) is 0 Å². The zero-order valence-electron chi connectivity index (χ0n) is 12.9. The Hall–Kier alpha value is -1.39. The smallest absolute Gasteiger partial charge is 0.291 e. The zero-order valence-corrected chi connectivity index (χ0v) is 12.9. The van der Waals surface area contributed by atoms with Crippen LogP contribution >= 0.6 is 0 Å². The molecule has 0 atom stereocenters. The molecule has 0 spiro atoms. The van der Waals surface area contributed by atoms with Crippen molar-refractivity contribution in [3.8, 4) is 0 Å². The maximum absolute atomic E-state index is 12.3. The monoisotopic (exact) mass is 280 g/mol. The fourth-order valence-corrected chi connectivity index (χ4v) is 2.23. The predicted octanol–water partition coefficient (Wildman–Crippen LogP) is 3.41. The third-order valence-electron chi connectivity index (χ3n) is 3.47. The number of hydrogen-bond donors (Lipinski definition) is 1. The van der Waals surface area contributed by atoms with Crippen molar-refractivity contribution in [2.45, 2.75) is 65.2 Å². The molecule has 0 radical (unpaired) electrons. The molecule has 20 heavy (non-hydrogen) atoms. The molecular weight excluding hydrogens is 252 g/mol. The van der Waals surface area contributed by atoms with Crippen LogP contribution in [0.15, 0.2) is 6.33 Å². The van der Waals surface area contributed by atoms with Crippen molar-refractivity contribution in [3.63, 3.8) is 0 Å². The molecule has 1 amide bonds. The van der Waals surface area contributed by atoms with Crippen molar-refractivity contribution < 1.29 is 4.79 Å². The number of rotatable bonds is 11. The van der Waals surface area contributed by atoms with Crippen molar-refractivity contribution in [3.05, 3.63) is 12.2 Å². The summed E-state index contributed by atoms with van der Waals surface area (Å²) in [6, 6.07) is 0. The maximum atomic E-state index is 12.3. The van der Waals surface area contributed by atoms with Gasteiger partial charge < -0.3 is 4.90 Å². The summed E-state index contributed by atoms with van der Waals surface area (Å²) in [6.45, 7) is 6.04. The van der Waals surface area contributed by atoms with Gasteiger partial charge in [0.25, 0.3) is 5.91 Å². The molecule has 0 fully saturated rings. The third kappa shape index (κ3) is 6.17. The molecule has 1 aromatic heterocycles. The molecule has 0 saturated heterocycles. The van der Waals surface area contributed by atoms with Gasteiger partial charge in [-0.2, -0.15) is 5.10 Å². The first kappa shape index (κ1) is 16.7. The van der Waals surface area contributed by atoms with Gasteiger partial charge in [-0.3, -0.25) is 9.89 Å². The average Bonchev–Trinajstić information content (AvgIpc) is 2.99. The molecular formula is C15H28N4O. The summed E-state index contributed by atoms with van der Waals surface area (Å²) in [5.74, 6) is 0.339. The van der Waals surface area contributed by atoms with E-state index in [0.717, 1.165) is 25.9 Å². The highest BCUT2D eigenvalue weighted by Gasteiger charge is 2.17. The molecule has 1 rings (SSSR count). The minimum Gasteiger partial charge on any atom is -0.336 e. The Morgan fingerprint density at radius 1 is 1.05 bits per heavy atom. The average molecular weight is 280 g/mol. The molecule has 1 heterocycles. The van der Waals surface area contributed by atoms with E-state index < -0.39 is 0 Å². The summed E-state index contributed by atoms with van der Waals surface area (Å²) in [4.78, 5) is 18.2. The van der Waals surface area contributed by atoms with Gasteiger partial charge in [-0.1, -0.05) is 52.4 Å². The molecule has 114 valence electrons. The number of unbranched alkanes of at least 4 members (excludes halogenated alkanes) is 6. The highest BCUT2D eigenvalue weighted by atomic mass is 16.2. The standard InChI is InChI=1S/C15H28N4O/c1-3-5-7-9-11-19(12-10-8-6-4-2)15(20)14-16-13-17-18-14/h13H,3-12H2,1-2H3,(H,16,17,18). The minimum absolute atomic E-state index is 0.0181. The summed E-state index contributed by atoms with van der Waals surface area (Å²) in [5, 5.41) is 6.43. The van der Waals surface area contributed by atoms with Crippen LogP contribution in [-0.4, -0.2) is 39.1 Å². The predicted molar refractivity (Wildman–Crippen MR) is 80.6 cm³/mol. The van der Waals surface area contributed by atoms with Gasteiger partial charge in [-0.25, -0.2) is 4.98 Å². The second-order valence-corrected chi connectivity index (χ2v) is 5.25. The van der Waals surface area contributed by atoms with Crippen molar-refractivity contribution in [2.24, 2.45) is 0 Å². The Kier molecular flexibility index (Phi) is 8.67. The molecule has 0 aliphatic heterocycles. The van der Waals surface area contributed by atoms with Crippen molar-refractivity contribution in [2.75, 3.05) is 13.1 Å². The SMILES string of the molecule is CCCCCCN(CCCCCC)C(=O)c1ncn[nH]1. The van der Waals surface area contributed by atoms with Crippen molar-refractivity contribution in [1.82, 2.24) is 20.1 Å². The van der Waals surface area contributed by atoms with E-state index >= 15 is 0 Å². The lowest BCUT2D eigenvalue weighted by Crippen LogP contribution is -2.33. The van der Waals surface area contributed by atoms with Crippen LogP contribution in [0.2, 0.25) is 0 Å². The lowest BCUT2D eigenvalue weighted by atomic mass is 10.1. The van der Waals surface area contributed by atoms with Gasteiger partial charge in [0.15, 0.2) is 0 Å². The van der Waals surface area contributed by atoms with Crippen LogP contribution in [-0.2, 0) is 0 Å². The molecule has 0 unspecified atom stereocenters. The highest BCUT2D eigenvalue weighted by Crippen LogP contribution is 2.07. The second-order valence-electron chi connectivity index (χ2n) is 5.25. The van der Waals surface area contributed by atoms with Gasteiger partial charge in [0, 0.05) is 13.1 Å². The molecule has 0 aliphatic rings. The summed E-state index contributed by atoms with van der Waals surface area (Å²) in [7, 11) is 0. The molecule has 0 aromatic carbocycles. The molecule has 5 heteroatoms. The summed E-state index contributed by atoms with van der Waals surface area (Å²) in [5.41, 5.74) is 0. The molecule has 0 aliphatic carbocycles. The summed E-state index contributed by atoms with van der Waals surface area (Å²) in [6.07, 6.45) is 10.8. The number of hydrogen-bond acceptors (Lipinski definition) is 3. The molecule has 0 saturated carbocycles. The number of aromatic nitrogens is 3. The lowest BCUT2D eigenvalue weighted by molar-refractivity contribution is 0.0737. The van der Waals surface area contributed by atoms with E-state index in [1.807, 2.05) is 4.90 Å². The topological polar surface area (TPSA) is 61.9 Å². The fraction of sp³-hybridized carbons (Fsp3) is 0.800. The van der Waals surface area contributed by atoms with Crippen molar-refractivity contribution >= 4 is 5.91 Å². The van der Waals surface area contributed by atoms with E-state index in [0.29, 0.717) is 5.82 Å². The molecule has 5 nitrogen and oxygen atoms in total. The Labute approximate surface area is 122 Å². The van der Waals surface area contributed by atoms with E-state index in [-0.39, 0.29) is 5.91 Å². The van der Waals surface area contributed by atoms with Crippen LogP contribution in [0.4, 0.5) is 0 Å². The number of carbonyl (C=O) groups excluding carboxylic acids is 1. The van der Waals surface area contributed by atoms with Crippen molar-refractivity contribution in [1.29, 1.82) is 0 Å². The zero-order chi connectivity index (χ0) is 14.6. The first-order valence-electron chi connectivity index (χ1n) is 7.94. The minimum atomic E-state index is -0.0181. The number of nitrogens with zero attached hydrogens (tertiary/aromatic N) is 3. The Balaban J connectivity index is 2.43. The van der Waals surface area contributed by atoms with Gasteiger partial charge in [0.1, 0.15) is 6.33 Å². The van der Waals surface area contributed by atoms with Crippen LogP contribution < -0.4 is 0 Å². The van der Waals surface area contributed by atoms with Gasteiger partial charge in [0.05, 0.1) is 0 Å². The molecule has 1 aromatic rings. The number of aromatic amines is 1. The van der Waals surface area contributed by atoms with Crippen LogP contribution in [0.5, 0.6) is 0 Å². The second kappa shape index (κ2) is 10.4. The van der Waals surface area contributed by atoms with Gasteiger partial charge in [-0.05, 0) is 12.8 Å². The largest absolute Gasteiger partial charge is 0.336 e. The van der Waals surface area contributed by atoms with Crippen LogP contribution in [0.25, 0.3) is 0 Å². The quantitative estimate of drug-likeness (QED) is 0.632. The number of H-pyrrole nitrogens is 1. The highest BCUT2D eigenvalue weighted by molar-refractivity contribution is 5.90. The van der Waals surface area contributed by atoms with E-state index in [1.165, 1.54) is 44.9 Å². The lowest BCUT2D eigenvalue weighted by Gasteiger charge is -2.21. The summed E-state index contributed by atoms with van der Waals surface area (Å²) < 4.78 is 0. The van der Waals surface area contributed by atoms with Crippen LogP contribution in [0, 0.1) is 0 Å². The Morgan fingerprint density at radius 3 is 2.10 bits per heavy atom. The summed E-state index contributed by atoms with van der Waals surface area (Å²) >= 11 is 0. The third-order valence-corrected chi connectivity index (χ3v) is 3.47.